The fraction of sp³-hybridized carbons (Fsp3) is 0.200. The number of ether oxygens (including phenoxy) is 2. The van der Waals surface area contributed by atoms with Gasteiger partial charge in [0.1, 0.15) is 19.5 Å². The number of rotatable bonds is 4. The summed E-state index contributed by atoms with van der Waals surface area (Å²) in [5, 5.41) is 1.20. The van der Waals surface area contributed by atoms with Gasteiger partial charge in [-0.15, -0.1) is 0 Å². The van der Waals surface area contributed by atoms with Crippen molar-refractivity contribution in [3.05, 3.63) is 70.6 Å². The zero-order chi connectivity index (χ0) is 18.8. The van der Waals surface area contributed by atoms with E-state index < -0.39 is 0 Å². The molecule has 0 spiro atoms. The first-order chi connectivity index (χ1) is 13.1. The number of anilines is 1. The molecule has 7 heteroatoms. The Morgan fingerprint density at radius 3 is 2.74 bits per heavy atom. The molecule has 0 radical (unpaired) electrons. The molecular weight excluding hydrogens is 384 g/mol. The normalized spacial score (nSPS) is 13.6. The van der Waals surface area contributed by atoms with Gasteiger partial charge in [-0.2, -0.15) is 0 Å². The Bertz CT molecular complexity index is 978. The molecule has 0 atom stereocenters. The fourth-order valence-electron chi connectivity index (χ4n) is 2.81. The average molecular weight is 401 g/mol. The van der Waals surface area contributed by atoms with Gasteiger partial charge in [0.25, 0.3) is 5.91 Å². The second kappa shape index (κ2) is 7.58. The maximum atomic E-state index is 13.1. The van der Waals surface area contributed by atoms with Crippen molar-refractivity contribution in [3.63, 3.8) is 0 Å². The van der Waals surface area contributed by atoms with Gasteiger partial charge in [-0.3, -0.25) is 9.69 Å². The van der Waals surface area contributed by atoms with Crippen LogP contribution in [0.4, 0.5) is 5.13 Å². The van der Waals surface area contributed by atoms with Crippen molar-refractivity contribution in [1.29, 1.82) is 0 Å². The molecule has 0 saturated heterocycles. The van der Waals surface area contributed by atoms with Gasteiger partial charge >= 0.3 is 0 Å². The van der Waals surface area contributed by atoms with Crippen molar-refractivity contribution < 1.29 is 14.3 Å². The summed E-state index contributed by atoms with van der Waals surface area (Å²) in [6.45, 7) is 3.13. The van der Waals surface area contributed by atoms with E-state index in [2.05, 4.69) is 0 Å². The third-order valence-electron chi connectivity index (χ3n) is 4.21. The third-order valence-corrected chi connectivity index (χ3v) is 5.74. The lowest BCUT2D eigenvalue weighted by Gasteiger charge is -2.23. The van der Waals surface area contributed by atoms with Crippen LogP contribution in [-0.2, 0) is 20.8 Å². The Balaban J connectivity index is 1.77. The number of fused-ring (bicyclic) bond motifs is 1. The van der Waals surface area contributed by atoms with E-state index in [4.69, 9.17) is 26.1 Å². The van der Waals surface area contributed by atoms with Crippen LogP contribution >= 0.6 is 22.9 Å². The molecule has 0 bridgehead atoms. The van der Waals surface area contributed by atoms with Gasteiger partial charge in [-0.25, -0.2) is 4.98 Å². The van der Waals surface area contributed by atoms with Crippen molar-refractivity contribution >= 4 is 44.2 Å². The quantitative estimate of drug-likeness (QED) is 0.638. The van der Waals surface area contributed by atoms with E-state index in [1.54, 1.807) is 4.90 Å². The van der Waals surface area contributed by atoms with E-state index in [1.165, 1.54) is 17.6 Å². The molecule has 0 saturated carbocycles. The van der Waals surface area contributed by atoms with E-state index in [9.17, 15) is 4.79 Å². The molecule has 0 N–H and O–H groups in total. The molecule has 1 amide bonds. The van der Waals surface area contributed by atoms with Crippen LogP contribution in [0.5, 0.6) is 0 Å². The number of aromatic nitrogens is 1. The standard InChI is InChI=1S/C20H17ClN2O3S/c1-13-7-8-15(21)18-17(13)22-20(27-18)23(11-14-5-3-2-4-6-14)19(24)16-12-25-9-10-26-16/h2-8,12H,9-11H2,1H3. The van der Waals surface area contributed by atoms with Crippen molar-refractivity contribution in [3.8, 4) is 0 Å². The fourth-order valence-corrected chi connectivity index (χ4v) is 4.13. The van der Waals surface area contributed by atoms with Gasteiger partial charge in [0.15, 0.2) is 5.13 Å². The number of carbonyl (C=O) groups excluding carboxylic acids is 1. The second-order valence-corrected chi connectivity index (χ2v) is 7.50. The van der Waals surface area contributed by atoms with Gasteiger partial charge in [-0.1, -0.05) is 59.3 Å². The molecule has 3 aromatic rings. The lowest BCUT2D eigenvalue weighted by molar-refractivity contribution is -0.119. The van der Waals surface area contributed by atoms with Crippen LogP contribution in [0.1, 0.15) is 11.1 Å². The van der Waals surface area contributed by atoms with Crippen LogP contribution in [0.3, 0.4) is 0 Å². The molecule has 4 rings (SSSR count). The summed E-state index contributed by atoms with van der Waals surface area (Å²) < 4.78 is 11.6. The smallest absolute Gasteiger partial charge is 0.298 e. The molecule has 1 aliphatic rings. The first-order valence-electron chi connectivity index (χ1n) is 8.49. The van der Waals surface area contributed by atoms with Crippen molar-refractivity contribution in [1.82, 2.24) is 4.98 Å². The highest BCUT2D eigenvalue weighted by atomic mass is 35.5. The maximum absolute atomic E-state index is 13.1. The van der Waals surface area contributed by atoms with Crippen molar-refractivity contribution in [2.45, 2.75) is 13.5 Å². The number of carbonyl (C=O) groups is 1. The summed E-state index contributed by atoms with van der Waals surface area (Å²) >= 11 is 7.74. The minimum Gasteiger partial charge on any atom is -0.494 e. The van der Waals surface area contributed by atoms with Crippen LogP contribution in [0.25, 0.3) is 10.2 Å². The van der Waals surface area contributed by atoms with Crippen LogP contribution in [0, 0.1) is 6.92 Å². The minimum atomic E-state index is -0.286. The van der Waals surface area contributed by atoms with Gasteiger partial charge in [0, 0.05) is 0 Å². The Labute approximate surface area is 165 Å². The third kappa shape index (κ3) is 3.63. The van der Waals surface area contributed by atoms with E-state index in [0.717, 1.165) is 21.3 Å². The molecule has 27 heavy (non-hydrogen) atoms. The van der Waals surface area contributed by atoms with Gasteiger partial charge in [-0.05, 0) is 24.1 Å². The zero-order valence-corrected chi connectivity index (χ0v) is 16.2. The summed E-state index contributed by atoms with van der Waals surface area (Å²) in [5.74, 6) is -0.106. The van der Waals surface area contributed by atoms with E-state index >= 15 is 0 Å². The maximum Gasteiger partial charge on any atom is 0.298 e. The molecule has 0 unspecified atom stereocenters. The zero-order valence-electron chi connectivity index (χ0n) is 14.6. The number of benzene rings is 2. The number of amides is 1. The summed E-state index contributed by atoms with van der Waals surface area (Å²) in [6, 6.07) is 13.5. The summed E-state index contributed by atoms with van der Waals surface area (Å²) in [6.07, 6.45) is 1.37. The second-order valence-electron chi connectivity index (χ2n) is 6.12. The predicted octanol–water partition coefficient (Wildman–Crippen LogP) is 4.68. The molecular formula is C20H17ClN2O3S. The topological polar surface area (TPSA) is 51.7 Å². The number of halogens is 1. The lowest BCUT2D eigenvalue weighted by atomic mass is 10.2. The Kier molecular flexibility index (Phi) is 5.01. The number of aryl methyl sites for hydroxylation is 1. The molecule has 2 heterocycles. The lowest BCUT2D eigenvalue weighted by Crippen LogP contribution is -2.33. The summed E-state index contributed by atoms with van der Waals surface area (Å²) in [4.78, 5) is 19.4. The SMILES string of the molecule is Cc1ccc(Cl)c2sc(N(Cc3ccccc3)C(=O)C3=COCCO3)nc12. The highest BCUT2D eigenvalue weighted by molar-refractivity contribution is 7.23. The summed E-state index contributed by atoms with van der Waals surface area (Å²) in [5.41, 5.74) is 2.81. The predicted molar refractivity (Wildman–Crippen MR) is 107 cm³/mol. The Morgan fingerprint density at radius 2 is 2.04 bits per heavy atom. The largest absolute Gasteiger partial charge is 0.494 e. The van der Waals surface area contributed by atoms with Gasteiger partial charge < -0.3 is 9.47 Å². The highest BCUT2D eigenvalue weighted by Crippen LogP contribution is 2.36. The van der Waals surface area contributed by atoms with Crippen LogP contribution in [0.2, 0.25) is 5.02 Å². The molecule has 0 fully saturated rings. The van der Waals surface area contributed by atoms with E-state index in [1.807, 2.05) is 49.4 Å². The van der Waals surface area contributed by atoms with Gasteiger partial charge in [0.05, 0.1) is 21.8 Å². The van der Waals surface area contributed by atoms with Crippen molar-refractivity contribution in [2.75, 3.05) is 18.1 Å². The van der Waals surface area contributed by atoms with E-state index in [-0.39, 0.29) is 11.7 Å². The number of thiazole rings is 1. The molecule has 1 aliphatic heterocycles. The Morgan fingerprint density at radius 1 is 1.22 bits per heavy atom. The monoisotopic (exact) mass is 400 g/mol. The number of hydrogen-bond donors (Lipinski definition) is 0. The summed E-state index contributed by atoms with van der Waals surface area (Å²) in [7, 11) is 0. The van der Waals surface area contributed by atoms with Crippen LogP contribution in [-0.4, -0.2) is 24.1 Å². The first-order valence-corrected chi connectivity index (χ1v) is 9.69. The molecule has 138 valence electrons. The molecule has 1 aromatic heterocycles. The average Bonchev–Trinajstić information content (AvgIpc) is 3.16. The van der Waals surface area contributed by atoms with Crippen LogP contribution < -0.4 is 4.90 Å². The molecule has 2 aromatic carbocycles. The molecule has 5 nitrogen and oxygen atoms in total. The number of hydrogen-bond acceptors (Lipinski definition) is 5. The highest BCUT2D eigenvalue weighted by Gasteiger charge is 2.27. The molecule has 0 aliphatic carbocycles. The number of nitrogens with zero attached hydrogens (tertiary/aromatic N) is 2. The minimum absolute atomic E-state index is 0.180. The first kappa shape index (κ1) is 17.8. The van der Waals surface area contributed by atoms with Gasteiger partial charge in [0.2, 0.25) is 5.76 Å². The van der Waals surface area contributed by atoms with Crippen molar-refractivity contribution in [2.24, 2.45) is 0 Å². The van der Waals surface area contributed by atoms with Crippen LogP contribution in [0.15, 0.2) is 54.5 Å². The van der Waals surface area contributed by atoms with E-state index in [0.29, 0.717) is 29.9 Å². The Hall–Kier alpha value is -2.57.